The number of hydrogen-bond acceptors (Lipinski definition) is 2. The van der Waals surface area contributed by atoms with E-state index in [9.17, 15) is 9.18 Å². The Morgan fingerprint density at radius 3 is 2.15 bits per heavy atom. The third-order valence-electron chi connectivity index (χ3n) is 3.02. The summed E-state index contributed by atoms with van der Waals surface area (Å²) < 4.78 is 12.9. The maximum atomic E-state index is 12.9. The molecule has 0 aliphatic heterocycles. The average Bonchev–Trinajstić information content (AvgIpc) is 2.36. The van der Waals surface area contributed by atoms with Crippen LogP contribution in [0.15, 0.2) is 42.5 Å². The Bertz CT molecular complexity index is 603. The minimum absolute atomic E-state index is 0.344. The summed E-state index contributed by atoms with van der Waals surface area (Å²) in [5.74, 6) is -0.848. The molecule has 3 N–H and O–H groups in total. The van der Waals surface area contributed by atoms with E-state index < -0.39 is 11.9 Å². The first-order valence-electron chi connectivity index (χ1n) is 6.35. The summed E-state index contributed by atoms with van der Waals surface area (Å²) >= 11 is 0. The van der Waals surface area contributed by atoms with Gasteiger partial charge in [0.1, 0.15) is 11.9 Å². The van der Waals surface area contributed by atoms with Gasteiger partial charge in [-0.3, -0.25) is 4.79 Å². The number of rotatable bonds is 4. The number of nitrogens with two attached hydrogens (primary N) is 1. The van der Waals surface area contributed by atoms with Crippen molar-refractivity contribution in [1.82, 2.24) is 0 Å². The molecule has 3 nitrogen and oxygen atoms in total. The van der Waals surface area contributed by atoms with Crippen molar-refractivity contribution in [3.05, 3.63) is 65.0 Å². The Hall–Kier alpha value is -2.36. The molecule has 2 rings (SSSR count). The monoisotopic (exact) mass is 272 g/mol. The van der Waals surface area contributed by atoms with Crippen molar-refractivity contribution in [2.24, 2.45) is 5.73 Å². The molecule has 0 heterocycles. The zero-order valence-corrected chi connectivity index (χ0v) is 11.5. The molecule has 104 valence electrons. The number of amides is 1. The highest BCUT2D eigenvalue weighted by atomic mass is 19.1. The topological polar surface area (TPSA) is 55.1 Å². The SMILES string of the molecule is Cc1cc(C)cc(N[C@H](C(N)=O)c2ccc(F)cc2)c1. The van der Waals surface area contributed by atoms with Gasteiger partial charge in [-0.15, -0.1) is 0 Å². The van der Waals surface area contributed by atoms with Crippen LogP contribution in [0.3, 0.4) is 0 Å². The molecule has 4 heteroatoms. The lowest BCUT2D eigenvalue weighted by Crippen LogP contribution is -2.27. The third-order valence-corrected chi connectivity index (χ3v) is 3.02. The van der Waals surface area contributed by atoms with Crippen molar-refractivity contribution in [3.8, 4) is 0 Å². The summed E-state index contributed by atoms with van der Waals surface area (Å²) in [6.45, 7) is 3.96. The standard InChI is InChI=1S/C16H17FN2O/c1-10-7-11(2)9-14(8-10)19-15(16(18)20)12-3-5-13(17)6-4-12/h3-9,15,19H,1-2H3,(H2,18,20)/t15-/m0/s1. The zero-order chi connectivity index (χ0) is 14.7. The predicted octanol–water partition coefficient (Wildman–Crippen LogP) is 3.08. The number of hydrogen-bond donors (Lipinski definition) is 2. The van der Waals surface area contributed by atoms with Crippen molar-refractivity contribution in [2.75, 3.05) is 5.32 Å². The van der Waals surface area contributed by atoms with E-state index in [2.05, 4.69) is 5.32 Å². The van der Waals surface area contributed by atoms with E-state index in [4.69, 9.17) is 5.73 Å². The summed E-state index contributed by atoms with van der Waals surface area (Å²) in [6, 6.07) is 11.0. The molecule has 0 saturated carbocycles. The summed E-state index contributed by atoms with van der Waals surface area (Å²) in [4.78, 5) is 11.6. The highest BCUT2D eigenvalue weighted by molar-refractivity contribution is 5.84. The highest BCUT2D eigenvalue weighted by Gasteiger charge is 2.17. The van der Waals surface area contributed by atoms with E-state index in [1.54, 1.807) is 12.1 Å². The van der Waals surface area contributed by atoms with E-state index in [1.807, 2.05) is 32.0 Å². The van der Waals surface area contributed by atoms with Gasteiger partial charge in [-0.25, -0.2) is 4.39 Å². The fraction of sp³-hybridized carbons (Fsp3) is 0.188. The van der Waals surface area contributed by atoms with Crippen LogP contribution in [-0.4, -0.2) is 5.91 Å². The number of halogens is 1. The largest absolute Gasteiger partial charge is 0.370 e. The number of benzene rings is 2. The molecule has 0 aliphatic carbocycles. The number of carbonyl (C=O) groups is 1. The highest BCUT2D eigenvalue weighted by Crippen LogP contribution is 2.22. The maximum absolute atomic E-state index is 12.9. The molecule has 0 spiro atoms. The van der Waals surface area contributed by atoms with Crippen LogP contribution < -0.4 is 11.1 Å². The van der Waals surface area contributed by atoms with E-state index in [1.165, 1.54) is 12.1 Å². The van der Waals surface area contributed by atoms with E-state index in [0.29, 0.717) is 5.56 Å². The van der Waals surface area contributed by atoms with Crippen LogP contribution in [0.4, 0.5) is 10.1 Å². The molecule has 0 fully saturated rings. The Balaban J connectivity index is 2.30. The molecule has 20 heavy (non-hydrogen) atoms. The van der Waals surface area contributed by atoms with Crippen LogP contribution in [-0.2, 0) is 4.79 Å². The van der Waals surface area contributed by atoms with Crippen molar-refractivity contribution in [1.29, 1.82) is 0 Å². The fourth-order valence-corrected chi connectivity index (χ4v) is 2.20. The molecule has 2 aromatic rings. The molecular weight excluding hydrogens is 255 g/mol. The van der Waals surface area contributed by atoms with E-state index in [-0.39, 0.29) is 5.82 Å². The molecular formula is C16H17FN2O. The van der Waals surface area contributed by atoms with Crippen LogP contribution in [0.5, 0.6) is 0 Å². The second-order valence-corrected chi connectivity index (χ2v) is 4.91. The molecule has 0 saturated heterocycles. The van der Waals surface area contributed by atoms with Crippen LogP contribution in [0.2, 0.25) is 0 Å². The van der Waals surface area contributed by atoms with Crippen LogP contribution in [0, 0.1) is 19.7 Å². The number of anilines is 1. The normalized spacial score (nSPS) is 11.9. The smallest absolute Gasteiger partial charge is 0.244 e. The minimum atomic E-state index is -0.684. The first-order valence-corrected chi connectivity index (χ1v) is 6.35. The van der Waals surface area contributed by atoms with Gasteiger partial charge in [-0.2, -0.15) is 0 Å². The lowest BCUT2D eigenvalue weighted by Gasteiger charge is -2.18. The van der Waals surface area contributed by atoms with Crippen molar-refractivity contribution >= 4 is 11.6 Å². The second kappa shape index (κ2) is 5.74. The lowest BCUT2D eigenvalue weighted by atomic mass is 10.0. The van der Waals surface area contributed by atoms with Gasteiger partial charge in [-0.1, -0.05) is 18.2 Å². The zero-order valence-electron chi connectivity index (χ0n) is 11.5. The molecule has 0 aliphatic rings. The molecule has 0 aromatic heterocycles. The number of primary amides is 1. The van der Waals surface area contributed by atoms with Crippen LogP contribution >= 0.6 is 0 Å². The van der Waals surface area contributed by atoms with Gasteiger partial charge >= 0.3 is 0 Å². The Labute approximate surface area is 117 Å². The van der Waals surface area contributed by atoms with Gasteiger partial charge in [0.25, 0.3) is 0 Å². The van der Waals surface area contributed by atoms with Gasteiger partial charge in [0, 0.05) is 5.69 Å². The molecule has 2 aromatic carbocycles. The summed E-state index contributed by atoms with van der Waals surface area (Å²) in [7, 11) is 0. The first-order chi connectivity index (χ1) is 9.45. The Morgan fingerprint density at radius 2 is 1.65 bits per heavy atom. The Morgan fingerprint density at radius 1 is 1.10 bits per heavy atom. The second-order valence-electron chi connectivity index (χ2n) is 4.91. The maximum Gasteiger partial charge on any atom is 0.244 e. The Kier molecular flexibility index (Phi) is 4.03. The molecule has 0 radical (unpaired) electrons. The molecule has 0 bridgehead atoms. The molecule has 1 amide bonds. The number of aryl methyl sites for hydroxylation is 2. The van der Waals surface area contributed by atoms with Gasteiger partial charge in [0.05, 0.1) is 0 Å². The number of nitrogens with one attached hydrogen (secondary N) is 1. The van der Waals surface area contributed by atoms with E-state index in [0.717, 1.165) is 16.8 Å². The number of carbonyl (C=O) groups excluding carboxylic acids is 1. The van der Waals surface area contributed by atoms with Gasteiger partial charge in [0.15, 0.2) is 0 Å². The molecule has 0 unspecified atom stereocenters. The van der Waals surface area contributed by atoms with Crippen molar-refractivity contribution in [3.63, 3.8) is 0 Å². The quantitative estimate of drug-likeness (QED) is 0.898. The fourth-order valence-electron chi connectivity index (χ4n) is 2.20. The summed E-state index contributed by atoms with van der Waals surface area (Å²) in [5, 5.41) is 3.10. The van der Waals surface area contributed by atoms with Gasteiger partial charge in [-0.05, 0) is 54.8 Å². The first kappa shape index (κ1) is 14.1. The van der Waals surface area contributed by atoms with Gasteiger partial charge < -0.3 is 11.1 Å². The average molecular weight is 272 g/mol. The van der Waals surface area contributed by atoms with Crippen LogP contribution in [0.1, 0.15) is 22.7 Å². The van der Waals surface area contributed by atoms with Crippen molar-refractivity contribution < 1.29 is 9.18 Å². The molecule has 1 atom stereocenters. The van der Waals surface area contributed by atoms with Crippen molar-refractivity contribution in [2.45, 2.75) is 19.9 Å². The summed E-state index contributed by atoms with van der Waals surface area (Å²) in [5.41, 5.74) is 9.07. The summed E-state index contributed by atoms with van der Waals surface area (Å²) in [6.07, 6.45) is 0. The van der Waals surface area contributed by atoms with E-state index >= 15 is 0 Å². The minimum Gasteiger partial charge on any atom is -0.370 e. The lowest BCUT2D eigenvalue weighted by molar-refractivity contribution is -0.118. The third kappa shape index (κ3) is 3.35. The predicted molar refractivity (Wildman–Crippen MR) is 77.9 cm³/mol. The van der Waals surface area contributed by atoms with Crippen LogP contribution in [0.25, 0.3) is 0 Å². The van der Waals surface area contributed by atoms with Gasteiger partial charge in [0.2, 0.25) is 5.91 Å².